The van der Waals surface area contributed by atoms with Gasteiger partial charge in [-0.1, -0.05) is 53.7 Å². The average molecular weight is 656 g/mol. The quantitative estimate of drug-likeness (QED) is 0.116. The Bertz CT molecular complexity index is 1290. The van der Waals surface area contributed by atoms with E-state index in [1.54, 1.807) is 7.11 Å². The van der Waals surface area contributed by atoms with E-state index in [0.717, 1.165) is 36.6 Å². The first-order chi connectivity index (χ1) is 22.3. The lowest BCUT2D eigenvalue weighted by Gasteiger charge is -2.37. The second kappa shape index (κ2) is 18.0. The van der Waals surface area contributed by atoms with E-state index in [1.807, 2.05) is 45.8 Å². The number of aromatic amines is 1. The first-order valence-electron chi connectivity index (χ1n) is 17.6. The molecule has 6 N–H and O–H groups in total. The number of hydrogen-bond acceptors (Lipinski definition) is 7. The van der Waals surface area contributed by atoms with Crippen LogP contribution in [0, 0.1) is 29.6 Å². The lowest BCUT2D eigenvalue weighted by Crippen LogP contribution is -2.51. The monoisotopic (exact) mass is 655 g/mol. The highest BCUT2D eigenvalue weighted by atomic mass is 16.5. The topological polar surface area (TPSA) is 153 Å². The van der Waals surface area contributed by atoms with E-state index >= 15 is 0 Å². The molecule has 0 radical (unpaired) electrons. The van der Waals surface area contributed by atoms with Gasteiger partial charge in [0.25, 0.3) is 0 Å². The number of carbonyl (C=O) groups excluding carboxylic acids is 3. The van der Waals surface area contributed by atoms with E-state index in [4.69, 9.17) is 20.9 Å². The number of methoxy groups -OCH3 is 1. The number of aromatic nitrogens is 1. The lowest BCUT2D eigenvalue weighted by atomic mass is 9.72. The van der Waals surface area contributed by atoms with Crippen LogP contribution in [0.2, 0.25) is 0 Å². The van der Waals surface area contributed by atoms with Gasteiger partial charge in [-0.05, 0) is 91.2 Å². The number of nitrogens with two attached hydrogens (primary N) is 2. The van der Waals surface area contributed by atoms with Gasteiger partial charge >= 0.3 is 5.97 Å². The van der Waals surface area contributed by atoms with Crippen molar-refractivity contribution in [1.82, 2.24) is 15.2 Å². The number of nitrogens with one attached hydrogen (secondary N) is 2. The average Bonchev–Trinajstić information content (AvgIpc) is 3.78. The molecule has 264 valence electrons. The van der Waals surface area contributed by atoms with Crippen molar-refractivity contribution in [3.8, 4) is 0 Å². The molecule has 1 unspecified atom stereocenters. The number of esters is 1. The number of benzene rings is 1. The smallest absolute Gasteiger partial charge is 0.329 e. The molecule has 0 saturated heterocycles. The molecule has 2 amide bonds. The number of rotatable bonds is 20. The molecular formula is C37H61N5O5. The summed E-state index contributed by atoms with van der Waals surface area (Å²) in [6, 6.07) is 7.53. The van der Waals surface area contributed by atoms with E-state index in [0.29, 0.717) is 19.4 Å². The standard InChI is InChI=1S/C37H61N5O5/c1-22(2)29(28(10-9-17-46-8)26-12-11-25-15-16-40-32(25)18-26)19-31(39)33(47-37(45)35(24(5)6)41-34(43)21-38)20-30(23(3)4)36(44)42(7)27-13-14-27/h11-12,15-16,18,22-24,27-31,33,35,40H,9-10,13-14,17,19-21,38-39H2,1-8H3,(H,41,43)/t28?,29-,30-,31-,33-,35-/m0/s1. The van der Waals surface area contributed by atoms with Crippen LogP contribution in [0.5, 0.6) is 0 Å². The van der Waals surface area contributed by atoms with Crippen molar-refractivity contribution in [1.29, 1.82) is 0 Å². The van der Waals surface area contributed by atoms with Crippen LogP contribution in [-0.4, -0.2) is 79.2 Å². The molecule has 1 aromatic carbocycles. The van der Waals surface area contributed by atoms with Crippen molar-refractivity contribution in [3.63, 3.8) is 0 Å². The molecule has 1 saturated carbocycles. The Kier molecular flexibility index (Phi) is 14.7. The van der Waals surface area contributed by atoms with Crippen molar-refractivity contribution in [2.24, 2.45) is 41.1 Å². The molecule has 0 spiro atoms. The highest BCUT2D eigenvalue weighted by Gasteiger charge is 2.40. The summed E-state index contributed by atoms with van der Waals surface area (Å²) < 4.78 is 11.7. The van der Waals surface area contributed by atoms with E-state index in [1.165, 1.54) is 5.56 Å². The van der Waals surface area contributed by atoms with E-state index in [2.05, 4.69) is 48.4 Å². The van der Waals surface area contributed by atoms with Gasteiger partial charge in [-0.25, -0.2) is 4.79 Å². The maximum absolute atomic E-state index is 13.8. The van der Waals surface area contributed by atoms with Gasteiger partial charge in [0, 0.05) is 50.5 Å². The number of ether oxygens (including phenoxy) is 2. The van der Waals surface area contributed by atoms with Crippen molar-refractivity contribution in [2.45, 2.75) is 110 Å². The molecule has 2 aromatic rings. The summed E-state index contributed by atoms with van der Waals surface area (Å²) in [5, 5.41) is 3.88. The fourth-order valence-electron chi connectivity index (χ4n) is 6.81. The van der Waals surface area contributed by atoms with Crippen molar-refractivity contribution in [3.05, 3.63) is 36.0 Å². The zero-order valence-corrected chi connectivity index (χ0v) is 30.0. The summed E-state index contributed by atoms with van der Waals surface area (Å²) in [4.78, 5) is 44.9. The van der Waals surface area contributed by atoms with Crippen molar-refractivity contribution >= 4 is 28.7 Å². The Balaban J connectivity index is 1.96. The van der Waals surface area contributed by atoms with E-state index in [-0.39, 0.29) is 54.0 Å². The molecule has 1 fully saturated rings. The fraction of sp³-hybridized carbons (Fsp3) is 0.703. The Morgan fingerprint density at radius 3 is 2.30 bits per heavy atom. The van der Waals surface area contributed by atoms with Gasteiger partial charge in [-0.15, -0.1) is 0 Å². The second-order valence-electron chi connectivity index (χ2n) is 14.6. The molecule has 0 aliphatic heterocycles. The minimum atomic E-state index is -0.877. The van der Waals surface area contributed by atoms with Crippen molar-refractivity contribution < 1.29 is 23.9 Å². The summed E-state index contributed by atoms with van der Waals surface area (Å²) in [6.07, 6.45) is 5.96. The van der Waals surface area contributed by atoms with Crippen LogP contribution in [0.4, 0.5) is 0 Å². The predicted molar refractivity (Wildman–Crippen MR) is 188 cm³/mol. The normalized spacial score (nSPS) is 17.4. The largest absolute Gasteiger partial charge is 0.459 e. The van der Waals surface area contributed by atoms with E-state index < -0.39 is 30.1 Å². The zero-order chi connectivity index (χ0) is 34.8. The molecule has 1 aromatic heterocycles. The Labute approximate surface area is 282 Å². The summed E-state index contributed by atoms with van der Waals surface area (Å²) in [5.41, 5.74) is 15.0. The molecule has 6 atom stereocenters. The summed E-state index contributed by atoms with van der Waals surface area (Å²) in [7, 11) is 3.59. The number of fused-ring (bicyclic) bond motifs is 1. The van der Waals surface area contributed by atoms with Crippen LogP contribution in [-0.2, 0) is 23.9 Å². The number of amides is 2. The minimum Gasteiger partial charge on any atom is -0.459 e. The first-order valence-corrected chi connectivity index (χ1v) is 17.6. The Hall–Kier alpha value is -2.95. The zero-order valence-electron chi connectivity index (χ0n) is 30.0. The molecule has 1 aliphatic carbocycles. The third-order valence-electron chi connectivity index (χ3n) is 10.0. The van der Waals surface area contributed by atoms with Crippen molar-refractivity contribution in [2.75, 3.05) is 27.3 Å². The van der Waals surface area contributed by atoms with Crippen LogP contribution >= 0.6 is 0 Å². The maximum atomic E-state index is 13.8. The minimum absolute atomic E-state index is 0.0187. The summed E-state index contributed by atoms with van der Waals surface area (Å²) >= 11 is 0. The Morgan fingerprint density at radius 2 is 1.72 bits per heavy atom. The molecule has 47 heavy (non-hydrogen) atoms. The number of H-pyrrole nitrogens is 1. The Morgan fingerprint density at radius 1 is 1.02 bits per heavy atom. The predicted octanol–water partition coefficient (Wildman–Crippen LogP) is 4.96. The van der Waals surface area contributed by atoms with Crippen LogP contribution < -0.4 is 16.8 Å². The summed E-state index contributed by atoms with van der Waals surface area (Å²) in [5.74, 6) is -0.870. The highest BCUT2D eigenvalue weighted by molar-refractivity contribution is 5.85. The number of nitrogens with zero attached hydrogens (tertiary/aromatic N) is 1. The molecule has 10 nitrogen and oxygen atoms in total. The molecule has 0 bridgehead atoms. The molecule has 10 heteroatoms. The van der Waals surface area contributed by atoms with Gasteiger partial charge in [0.05, 0.1) is 6.54 Å². The number of hydrogen-bond donors (Lipinski definition) is 4. The first kappa shape index (κ1) is 38.5. The summed E-state index contributed by atoms with van der Waals surface area (Å²) in [6.45, 7) is 12.6. The van der Waals surface area contributed by atoms with Gasteiger partial charge in [-0.3, -0.25) is 9.59 Å². The second-order valence-corrected chi connectivity index (χ2v) is 14.6. The molecule has 3 rings (SSSR count). The molecular weight excluding hydrogens is 594 g/mol. The third-order valence-corrected chi connectivity index (χ3v) is 10.0. The molecule has 1 aliphatic rings. The SMILES string of the molecule is COCCCC(c1ccc2cc[nH]c2c1)[C@@H](C[C@H](N)[C@H](C[C@H](C(=O)N(C)C1CC1)C(C)C)OC(=O)[C@@H](NC(=O)CN)C(C)C)C(C)C. The highest BCUT2D eigenvalue weighted by Crippen LogP contribution is 2.39. The van der Waals surface area contributed by atoms with Crippen LogP contribution in [0.25, 0.3) is 10.9 Å². The lowest BCUT2D eigenvalue weighted by molar-refractivity contribution is -0.158. The number of carbonyl (C=O) groups is 3. The van der Waals surface area contributed by atoms with Gasteiger partial charge < -0.3 is 36.1 Å². The van der Waals surface area contributed by atoms with Gasteiger partial charge in [-0.2, -0.15) is 0 Å². The third kappa shape index (κ3) is 10.8. The van der Waals surface area contributed by atoms with Crippen LogP contribution in [0.3, 0.4) is 0 Å². The van der Waals surface area contributed by atoms with E-state index in [9.17, 15) is 14.4 Å². The maximum Gasteiger partial charge on any atom is 0.329 e. The van der Waals surface area contributed by atoms with Crippen LogP contribution in [0.1, 0.15) is 91.5 Å². The van der Waals surface area contributed by atoms with Gasteiger partial charge in [0.2, 0.25) is 11.8 Å². The van der Waals surface area contributed by atoms with Crippen LogP contribution in [0.15, 0.2) is 30.5 Å². The fourth-order valence-corrected chi connectivity index (χ4v) is 6.81. The molecule has 1 heterocycles. The van der Waals surface area contributed by atoms with Gasteiger partial charge in [0.15, 0.2) is 0 Å². The van der Waals surface area contributed by atoms with Gasteiger partial charge in [0.1, 0.15) is 12.1 Å².